The van der Waals surface area contributed by atoms with Gasteiger partial charge in [-0.3, -0.25) is 0 Å². The van der Waals surface area contributed by atoms with E-state index in [0.717, 1.165) is 25.2 Å². The topological polar surface area (TPSA) is 18.5 Å². The number of unbranched alkanes of at least 4 members (excludes halogenated alkanes) is 1. The Labute approximate surface area is 129 Å². The maximum absolute atomic E-state index is 6.05. The van der Waals surface area contributed by atoms with Gasteiger partial charge < -0.3 is 9.47 Å². The molecule has 1 aromatic carbocycles. The molecule has 1 heterocycles. The molecule has 1 saturated heterocycles. The summed E-state index contributed by atoms with van der Waals surface area (Å²) in [6.07, 6.45) is 4.65. The van der Waals surface area contributed by atoms with Gasteiger partial charge in [0.25, 0.3) is 0 Å². The summed E-state index contributed by atoms with van der Waals surface area (Å²) in [5.74, 6) is 0.564. The predicted octanol–water partition coefficient (Wildman–Crippen LogP) is 5.44. The molecular weight excluding hydrogens is 260 g/mol. The first-order valence-electron chi connectivity index (χ1n) is 8.43. The van der Waals surface area contributed by atoms with Crippen molar-refractivity contribution in [3.05, 3.63) is 35.4 Å². The van der Waals surface area contributed by atoms with Crippen molar-refractivity contribution in [2.75, 3.05) is 13.2 Å². The van der Waals surface area contributed by atoms with Crippen LogP contribution in [-0.4, -0.2) is 13.2 Å². The van der Waals surface area contributed by atoms with Gasteiger partial charge in [0.05, 0.1) is 13.2 Å². The minimum atomic E-state index is -0.187. The van der Waals surface area contributed by atoms with Gasteiger partial charge in [-0.1, -0.05) is 64.8 Å². The van der Waals surface area contributed by atoms with Crippen molar-refractivity contribution in [2.45, 2.75) is 65.6 Å². The summed E-state index contributed by atoms with van der Waals surface area (Å²) >= 11 is 0. The van der Waals surface area contributed by atoms with Crippen LogP contribution in [-0.2, 0) is 9.47 Å². The van der Waals surface area contributed by atoms with Crippen LogP contribution >= 0.6 is 0 Å². The molecular formula is C19H30O2. The number of hydrogen-bond donors (Lipinski definition) is 0. The molecule has 0 unspecified atom stereocenters. The molecule has 0 aliphatic carbocycles. The summed E-state index contributed by atoms with van der Waals surface area (Å²) in [6.45, 7) is 10.6. The Kier molecular flexibility index (Phi) is 5.83. The molecule has 0 atom stereocenters. The van der Waals surface area contributed by atoms with E-state index in [9.17, 15) is 0 Å². The van der Waals surface area contributed by atoms with Crippen molar-refractivity contribution in [2.24, 2.45) is 5.41 Å². The van der Waals surface area contributed by atoms with E-state index in [-0.39, 0.29) is 11.7 Å². The summed E-state index contributed by atoms with van der Waals surface area (Å²) in [5, 5.41) is 0. The fourth-order valence-corrected chi connectivity index (χ4v) is 2.90. The highest BCUT2D eigenvalue weighted by atomic mass is 16.7. The Morgan fingerprint density at radius 2 is 1.71 bits per heavy atom. The predicted molar refractivity (Wildman–Crippen MR) is 87.4 cm³/mol. The molecule has 2 heteroatoms. The molecule has 1 aliphatic rings. The third kappa shape index (κ3) is 4.08. The number of ether oxygens (including phenoxy) is 2. The standard InChI is InChI=1S/C19H30O2/c1-5-7-12-19(6-2)13-20-18(21-14-19)17-10-8-16(9-11-17)15(3)4/h8-11,15,18H,5-7,12-14H2,1-4H3. The first-order valence-corrected chi connectivity index (χ1v) is 8.43. The monoisotopic (exact) mass is 290 g/mol. The van der Waals surface area contributed by atoms with Crippen LogP contribution in [0.3, 0.4) is 0 Å². The van der Waals surface area contributed by atoms with E-state index in [0.29, 0.717) is 5.92 Å². The second-order valence-corrected chi connectivity index (χ2v) is 6.73. The zero-order valence-corrected chi connectivity index (χ0v) is 14.0. The van der Waals surface area contributed by atoms with Crippen LogP contribution in [0.1, 0.15) is 76.7 Å². The first kappa shape index (κ1) is 16.5. The molecule has 0 amide bonds. The van der Waals surface area contributed by atoms with Gasteiger partial charge in [-0.25, -0.2) is 0 Å². The SMILES string of the molecule is CCCCC1(CC)COC(c2ccc(C(C)C)cc2)OC1. The minimum Gasteiger partial charge on any atom is -0.348 e. The zero-order valence-electron chi connectivity index (χ0n) is 14.0. The van der Waals surface area contributed by atoms with Crippen molar-refractivity contribution >= 4 is 0 Å². The fraction of sp³-hybridized carbons (Fsp3) is 0.684. The number of benzene rings is 1. The van der Waals surface area contributed by atoms with Crippen LogP contribution in [0.15, 0.2) is 24.3 Å². The van der Waals surface area contributed by atoms with Crippen LogP contribution in [0.5, 0.6) is 0 Å². The number of rotatable bonds is 6. The van der Waals surface area contributed by atoms with E-state index in [1.807, 2.05) is 0 Å². The Balaban J connectivity index is 1.96. The van der Waals surface area contributed by atoms with Gasteiger partial charge >= 0.3 is 0 Å². The van der Waals surface area contributed by atoms with Gasteiger partial charge in [0.2, 0.25) is 0 Å². The molecule has 0 bridgehead atoms. The summed E-state index contributed by atoms with van der Waals surface area (Å²) in [4.78, 5) is 0. The van der Waals surface area contributed by atoms with Gasteiger partial charge in [-0.15, -0.1) is 0 Å². The van der Waals surface area contributed by atoms with Crippen molar-refractivity contribution in [3.63, 3.8) is 0 Å². The van der Waals surface area contributed by atoms with Crippen LogP contribution in [0.4, 0.5) is 0 Å². The van der Waals surface area contributed by atoms with Crippen LogP contribution < -0.4 is 0 Å². The van der Waals surface area contributed by atoms with Crippen LogP contribution in [0, 0.1) is 5.41 Å². The van der Waals surface area contributed by atoms with Gasteiger partial charge in [0, 0.05) is 11.0 Å². The average molecular weight is 290 g/mol. The molecule has 118 valence electrons. The highest BCUT2D eigenvalue weighted by Crippen LogP contribution is 2.38. The summed E-state index contributed by atoms with van der Waals surface area (Å²) in [5.41, 5.74) is 2.73. The van der Waals surface area contributed by atoms with Crippen LogP contribution in [0.25, 0.3) is 0 Å². The van der Waals surface area contributed by atoms with E-state index in [1.54, 1.807) is 0 Å². The molecule has 0 aromatic heterocycles. The molecule has 21 heavy (non-hydrogen) atoms. The molecule has 1 aliphatic heterocycles. The van der Waals surface area contributed by atoms with E-state index in [1.165, 1.54) is 24.8 Å². The quantitative estimate of drug-likeness (QED) is 0.694. The van der Waals surface area contributed by atoms with Gasteiger partial charge in [-0.05, 0) is 24.3 Å². The Bertz CT molecular complexity index is 414. The lowest BCUT2D eigenvalue weighted by molar-refractivity contribution is -0.236. The summed E-state index contributed by atoms with van der Waals surface area (Å²) in [6, 6.07) is 8.66. The molecule has 1 aromatic rings. The Morgan fingerprint density at radius 3 is 2.19 bits per heavy atom. The lowest BCUT2D eigenvalue weighted by atomic mass is 9.81. The smallest absolute Gasteiger partial charge is 0.183 e. The first-order chi connectivity index (χ1) is 10.1. The van der Waals surface area contributed by atoms with E-state index < -0.39 is 0 Å². The molecule has 2 nitrogen and oxygen atoms in total. The zero-order chi connectivity index (χ0) is 15.3. The van der Waals surface area contributed by atoms with Gasteiger partial charge in [0.15, 0.2) is 6.29 Å². The fourth-order valence-electron chi connectivity index (χ4n) is 2.90. The maximum Gasteiger partial charge on any atom is 0.183 e. The van der Waals surface area contributed by atoms with Crippen molar-refractivity contribution < 1.29 is 9.47 Å². The molecule has 0 N–H and O–H groups in total. The third-order valence-corrected chi connectivity index (χ3v) is 4.77. The number of hydrogen-bond acceptors (Lipinski definition) is 2. The second kappa shape index (κ2) is 7.42. The van der Waals surface area contributed by atoms with Crippen molar-refractivity contribution in [3.8, 4) is 0 Å². The normalized spacial score (nSPS) is 26.2. The summed E-state index contributed by atoms with van der Waals surface area (Å²) < 4.78 is 12.1. The van der Waals surface area contributed by atoms with Crippen LogP contribution in [0.2, 0.25) is 0 Å². The second-order valence-electron chi connectivity index (χ2n) is 6.73. The Hall–Kier alpha value is -0.860. The van der Waals surface area contributed by atoms with E-state index in [2.05, 4.69) is 52.0 Å². The average Bonchev–Trinajstić information content (AvgIpc) is 2.53. The van der Waals surface area contributed by atoms with Gasteiger partial charge in [-0.2, -0.15) is 0 Å². The lowest BCUT2D eigenvalue weighted by Gasteiger charge is -2.39. The largest absolute Gasteiger partial charge is 0.348 e. The maximum atomic E-state index is 6.05. The highest BCUT2D eigenvalue weighted by Gasteiger charge is 2.35. The lowest BCUT2D eigenvalue weighted by Crippen LogP contribution is -2.38. The molecule has 0 spiro atoms. The molecule has 2 rings (SSSR count). The van der Waals surface area contributed by atoms with E-state index >= 15 is 0 Å². The molecule has 0 saturated carbocycles. The molecule has 1 fully saturated rings. The van der Waals surface area contributed by atoms with Crippen molar-refractivity contribution in [1.82, 2.24) is 0 Å². The highest BCUT2D eigenvalue weighted by molar-refractivity contribution is 5.25. The van der Waals surface area contributed by atoms with E-state index in [4.69, 9.17) is 9.47 Å². The van der Waals surface area contributed by atoms with Gasteiger partial charge in [0.1, 0.15) is 0 Å². The third-order valence-electron chi connectivity index (χ3n) is 4.77. The summed E-state index contributed by atoms with van der Waals surface area (Å²) in [7, 11) is 0. The van der Waals surface area contributed by atoms with Crippen molar-refractivity contribution in [1.29, 1.82) is 0 Å². The molecule has 0 radical (unpaired) electrons. The Morgan fingerprint density at radius 1 is 1.10 bits per heavy atom. The minimum absolute atomic E-state index is 0.187.